The first-order valence-corrected chi connectivity index (χ1v) is 6.57. The van der Waals surface area contributed by atoms with E-state index in [2.05, 4.69) is 62.3 Å². The molecule has 1 rings (SSSR count). The van der Waals surface area contributed by atoms with Gasteiger partial charge in [-0.1, -0.05) is 51.1 Å². The largest absolute Gasteiger partial charge is 0.370 e. The average molecular weight is 247 g/mol. The topological polar surface area (TPSA) is 50.4 Å². The second-order valence-electron chi connectivity index (χ2n) is 5.41. The van der Waals surface area contributed by atoms with Crippen LogP contribution in [0.15, 0.2) is 35.3 Å². The predicted octanol–water partition coefficient (Wildman–Crippen LogP) is 2.67. The molecule has 3 N–H and O–H groups in total. The zero-order valence-electron chi connectivity index (χ0n) is 11.9. The highest BCUT2D eigenvalue weighted by Gasteiger charge is 2.19. The van der Waals surface area contributed by atoms with Crippen LogP contribution >= 0.6 is 0 Å². The third-order valence-electron chi connectivity index (χ3n) is 3.21. The summed E-state index contributed by atoms with van der Waals surface area (Å²) in [5, 5.41) is 3.18. The van der Waals surface area contributed by atoms with E-state index in [-0.39, 0.29) is 5.41 Å². The Morgan fingerprint density at radius 3 is 2.50 bits per heavy atom. The third kappa shape index (κ3) is 4.40. The fourth-order valence-corrected chi connectivity index (χ4v) is 1.66. The summed E-state index contributed by atoms with van der Waals surface area (Å²) in [5.41, 5.74) is 7.16. The van der Waals surface area contributed by atoms with Crippen LogP contribution in [0.4, 0.5) is 0 Å². The van der Waals surface area contributed by atoms with E-state index in [0.717, 1.165) is 6.42 Å². The molecule has 0 saturated heterocycles. The number of nitrogens with one attached hydrogen (secondary N) is 1. The molecule has 0 aliphatic rings. The second-order valence-corrected chi connectivity index (χ2v) is 5.41. The van der Waals surface area contributed by atoms with Gasteiger partial charge in [-0.2, -0.15) is 0 Å². The van der Waals surface area contributed by atoms with E-state index in [4.69, 9.17) is 5.73 Å². The van der Waals surface area contributed by atoms with Gasteiger partial charge in [0.1, 0.15) is 0 Å². The summed E-state index contributed by atoms with van der Waals surface area (Å²) in [6, 6.07) is 10.8. The van der Waals surface area contributed by atoms with Gasteiger partial charge in [0.25, 0.3) is 0 Å². The van der Waals surface area contributed by atoms with Gasteiger partial charge in [-0.05, 0) is 18.9 Å². The first-order chi connectivity index (χ1) is 8.45. The van der Waals surface area contributed by atoms with Crippen LogP contribution in [0.25, 0.3) is 0 Å². The Bertz CT molecular complexity index is 382. The molecular formula is C15H25N3. The lowest BCUT2D eigenvalue weighted by molar-refractivity contribution is 0.536. The van der Waals surface area contributed by atoms with Gasteiger partial charge in [0, 0.05) is 11.5 Å². The van der Waals surface area contributed by atoms with E-state index in [1.54, 1.807) is 0 Å². The molecule has 0 aromatic heterocycles. The molecule has 0 radical (unpaired) electrons. The maximum atomic E-state index is 5.87. The molecule has 0 aliphatic heterocycles. The third-order valence-corrected chi connectivity index (χ3v) is 3.21. The van der Waals surface area contributed by atoms with E-state index in [0.29, 0.717) is 18.5 Å². The molecule has 0 fully saturated rings. The number of guanidine groups is 1. The highest BCUT2D eigenvalue weighted by molar-refractivity contribution is 5.78. The van der Waals surface area contributed by atoms with Crippen LogP contribution in [-0.4, -0.2) is 18.5 Å². The first-order valence-electron chi connectivity index (χ1n) is 6.57. The molecule has 0 amide bonds. The highest BCUT2D eigenvalue weighted by Crippen LogP contribution is 2.22. The molecule has 1 unspecified atom stereocenters. The maximum Gasteiger partial charge on any atom is 0.188 e. The SMILES string of the molecule is CCC(C)NC(N)=NCC(C)(C)c1ccccc1. The van der Waals surface area contributed by atoms with Crippen LogP contribution in [0.2, 0.25) is 0 Å². The average Bonchev–Trinajstić information content (AvgIpc) is 2.37. The lowest BCUT2D eigenvalue weighted by atomic mass is 9.85. The van der Waals surface area contributed by atoms with Crippen LogP contribution < -0.4 is 11.1 Å². The quantitative estimate of drug-likeness (QED) is 0.621. The normalized spacial score (nSPS) is 14.3. The Kier molecular flexibility index (Phi) is 5.20. The van der Waals surface area contributed by atoms with Gasteiger partial charge in [-0.15, -0.1) is 0 Å². The minimum Gasteiger partial charge on any atom is -0.370 e. The van der Waals surface area contributed by atoms with Gasteiger partial charge in [-0.3, -0.25) is 4.99 Å². The summed E-state index contributed by atoms with van der Waals surface area (Å²) in [4.78, 5) is 4.44. The minimum absolute atomic E-state index is 0.00299. The van der Waals surface area contributed by atoms with E-state index in [9.17, 15) is 0 Å². The van der Waals surface area contributed by atoms with Gasteiger partial charge in [0.2, 0.25) is 0 Å². The molecule has 0 saturated carbocycles. The van der Waals surface area contributed by atoms with E-state index >= 15 is 0 Å². The zero-order chi connectivity index (χ0) is 13.6. The van der Waals surface area contributed by atoms with Crippen molar-refractivity contribution in [2.45, 2.75) is 45.6 Å². The summed E-state index contributed by atoms with van der Waals surface area (Å²) in [7, 11) is 0. The van der Waals surface area contributed by atoms with Crippen LogP contribution in [0, 0.1) is 0 Å². The van der Waals surface area contributed by atoms with Crippen molar-refractivity contribution in [2.75, 3.05) is 6.54 Å². The van der Waals surface area contributed by atoms with Crippen LogP contribution in [0.5, 0.6) is 0 Å². The number of aliphatic imine (C=N–C) groups is 1. The van der Waals surface area contributed by atoms with Gasteiger partial charge in [0.15, 0.2) is 5.96 Å². The molecule has 100 valence electrons. The van der Waals surface area contributed by atoms with Crippen molar-refractivity contribution in [3.8, 4) is 0 Å². The van der Waals surface area contributed by atoms with Crippen LogP contribution in [0.1, 0.15) is 39.7 Å². The fourth-order valence-electron chi connectivity index (χ4n) is 1.66. The number of hydrogen-bond acceptors (Lipinski definition) is 1. The lowest BCUT2D eigenvalue weighted by Gasteiger charge is -2.23. The second kappa shape index (κ2) is 6.43. The molecule has 1 aromatic rings. The fraction of sp³-hybridized carbons (Fsp3) is 0.533. The van der Waals surface area contributed by atoms with E-state index < -0.39 is 0 Å². The number of nitrogens with two attached hydrogens (primary N) is 1. The van der Waals surface area contributed by atoms with Crippen molar-refractivity contribution in [3.05, 3.63) is 35.9 Å². The summed E-state index contributed by atoms with van der Waals surface area (Å²) in [6.45, 7) is 9.28. The summed E-state index contributed by atoms with van der Waals surface area (Å²) < 4.78 is 0. The first kappa shape index (κ1) is 14.6. The molecule has 1 atom stereocenters. The Hall–Kier alpha value is -1.51. The number of rotatable bonds is 5. The molecule has 0 spiro atoms. The van der Waals surface area contributed by atoms with Crippen molar-refractivity contribution < 1.29 is 0 Å². The zero-order valence-corrected chi connectivity index (χ0v) is 11.9. The van der Waals surface area contributed by atoms with Crippen molar-refractivity contribution in [3.63, 3.8) is 0 Å². The summed E-state index contributed by atoms with van der Waals surface area (Å²) in [6.07, 6.45) is 1.04. The van der Waals surface area contributed by atoms with E-state index in [1.807, 2.05) is 6.07 Å². The van der Waals surface area contributed by atoms with Crippen LogP contribution in [0.3, 0.4) is 0 Å². The van der Waals surface area contributed by atoms with Gasteiger partial charge in [-0.25, -0.2) is 0 Å². The Balaban J connectivity index is 2.64. The van der Waals surface area contributed by atoms with Crippen molar-refractivity contribution in [2.24, 2.45) is 10.7 Å². The Morgan fingerprint density at radius 2 is 1.94 bits per heavy atom. The monoisotopic (exact) mass is 247 g/mol. The molecule has 18 heavy (non-hydrogen) atoms. The lowest BCUT2D eigenvalue weighted by Crippen LogP contribution is -2.39. The van der Waals surface area contributed by atoms with Gasteiger partial charge < -0.3 is 11.1 Å². The summed E-state index contributed by atoms with van der Waals surface area (Å²) in [5.74, 6) is 0.536. The summed E-state index contributed by atoms with van der Waals surface area (Å²) >= 11 is 0. The molecule has 3 heteroatoms. The number of nitrogens with zero attached hydrogens (tertiary/aromatic N) is 1. The van der Waals surface area contributed by atoms with Gasteiger partial charge >= 0.3 is 0 Å². The molecule has 0 heterocycles. The highest BCUT2D eigenvalue weighted by atomic mass is 15.1. The molecule has 1 aromatic carbocycles. The molecule has 0 aliphatic carbocycles. The maximum absolute atomic E-state index is 5.87. The molecular weight excluding hydrogens is 222 g/mol. The van der Waals surface area contributed by atoms with Crippen LogP contribution in [-0.2, 0) is 5.41 Å². The number of benzene rings is 1. The predicted molar refractivity (Wildman–Crippen MR) is 78.8 cm³/mol. The standard InChI is InChI=1S/C15H25N3/c1-5-12(2)18-14(16)17-11-15(3,4)13-9-7-6-8-10-13/h6-10,12H,5,11H2,1-4H3,(H3,16,17,18). The Labute approximate surface area is 111 Å². The van der Waals surface area contributed by atoms with Crippen molar-refractivity contribution in [1.82, 2.24) is 5.32 Å². The smallest absolute Gasteiger partial charge is 0.188 e. The molecule has 0 bridgehead atoms. The minimum atomic E-state index is 0.00299. The van der Waals surface area contributed by atoms with E-state index in [1.165, 1.54) is 5.56 Å². The number of hydrogen-bond donors (Lipinski definition) is 2. The van der Waals surface area contributed by atoms with Crippen molar-refractivity contribution >= 4 is 5.96 Å². The van der Waals surface area contributed by atoms with Crippen molar-refractivity contribution in [1.29, 1.82) is 0 Å². The molecule has 3 nitrogen and oxygen atoms in total. The Morgan fingerprint density at radius 1 is 1.33 bits per heavy atom. The van der Waals surface area contributed by atoms with Gasteiger partial charge in [0.05, 0.1) is 6.54 Å².